The maximum Gasteiger partial charge on any atom is 0.345 e. The van der Waals surface area contributed by atoms with Crippen molar-refractivity contribution in [2.24, 2.45) is 5.10 Å². The standard InChI is InChI=1S/C30H25Cl2N3O7/c1-39-25-12-18(13-26(40-2)28(25)41-3)29(37)33-16-27(36)35-34-15-22-20-7-5-4-6-17(20)8-11-24(22)42-30(38)21-10-9-19(31)14-23(21)32/h4-15H,16H2,1-3H3,(H,33,37)(H,35,36)/b34-15+. The second kappa shape index (κ2) is 13.7. The highest BCUT2D eigenvalue weighted by Crippen LogP contribution is 2.38. The molecule has 0 aliphatic carbocycles. The van der Waals surface area contributed by atoms with Crippen LogP contribution < -0.4 is 29.7 Å². The third kappa shape index (κ3) is 6.91. The molecular formula is C30H25Cl2N3O7. The number of halogens is 2. The van der Waals surface area contributed by atoms with Crippen LogP contribution in [-0.4, -0.2) is 51.9 Å². The molecule has 0 atom stereocenters. The number of hydrogen-bond donors (Lipinski definition) is 2. The van der Waals surface area contributed by atoms with Crippen LogP contribution in [0.15, 0.2) is 71.8 Å². The van der Waals surface area contributed by atoms with Crippen LogP contribution in [0.25, 0.3) is 10.8 Å². The second-order valence-electron chi connectivity index (χ2n) is 8.60. The Morgan fingerprint density at radius 1 is 0.857 bits per heavy atom. The normalized spacial score (nSPS) is 10.8. The lowest BCUT2D eigenvalue weighted by Crippen LogP contribution is -2.35. The Kier molecular flexibility index (Phi) is 9.85. The summed E-state index contributed by atoms with van der Waals surface area (Å²) in [6.07, 6.45) is 1.35. The monoisotopic (exact) mass is 609 g/mol. The number of carbonyl (C=O) groups excluding carboxylic acids is 3. The molecule has 42 heavy (non-hydrogen) atoms. The van der Waals surface area contributed by atoms with Gasteiger partial charge in [-0.15, -0.1) is 0 Å². The summed E-state index contributed by atoms with van der Waals surface area (Å²) < 4.78 is 21.4. The maximum atomic E-state index is 12.9. The topological polar surface area (TPSA) is 125 Å². The van der Waals surface area contributed by atoms with Gasteiger partial charge in [-0.25, -0.2) is 10.2 Å². The minimum absolute atomic E-state index is 0.133. The van der Waals surface area contributed by atoms with Crippen LogP contribution in [0.4, 0.5) is 0 Å². The van der Waals surface area contributed by atoms with Gasteiger partial charge in [-0.05, 0) is 47.2 Å². The van der Waals surface area contributed by atoms with Gasteiger partial charge < -0.3 is 24.3 Å². The fraction of sp³-hybridized carbons (Fsp3) is 0.133. The smallest absolute Gasteiger partial charge is 0.345 e. The zero-order valence-corrected chi connectivity index (χ0v) is 24.2. The first-order chi connectivity index (χ1) is 20.2. The van der Waals surface area contributed by atoms with Crippen LogP contribution in [0.5, 0.6) is 23.0 Å². The van der Waals surface area contributed by atoms with Gasteiger partial charge in [0.05, 0.1) is 44.7 Å². The first-order valence-corrected chi connectivity index (χ1v) is 13.1. The van der Waals surface area contributed by atoms with Crippen molar-refractivity contribution < 1.29 is 33.3 Å². The highest BCUT2D eigenvalue weighted by atomic mass is 35.5. The summed E-state index contributed by atoms with van der Waals surface area (Å²) in [7, 11) is 4.31. The van der Waals surface area contributed by atoms with Gasteiger partial charge in [-0.1, -0.05) is 53.5 Å². The number of nitrogens with one attached hydrogen (secondary N) is 2. The summed E-state index contributed by atoms with van der Waals surface area (Å²) >= 11 is 12.1. The van der Waals surface area contributed by atoms with E-state index < -0.39 is 17.8 Å². The number of fused-ring (bicyclic) bond motifs is 1. The van der Waals surface area contributed by atoms with Gasteiger partial charge in [-0.3, -0.25) is 9.59 Å². The molecule has 0 aliphatic rings. The molecular weight excluding hydrogens is 585 g/mol. The predicted molar refractivity (Wildman–Crippen MR) is 160 cm³/mol. The Bertz CT molecular complexity index is 1670. The molecule has 4 rings (SSSR count). The molecule has 0 aromatic heterocycles. The molecule has 0 heterocycles. The average molecular weight is 610 g/mol. The van der Waals surface area contributed by atoms with E-state index in [2.05, 4.69) is 15.8 Å². The molecule has 2 amide bonds. The number of nitrogens with zero attached hydrogens (tertiary/aromatic N) is 1. The number of hydrogen-bond acceptors (Lipinski definition) is 8. The van der Waals surface area contributed by atoms with Gasteiger partial charge in [0.25, 0.3) is 11.8 Å². The first kappa shape index (κ1) is 30.2. The van der Waals surface area contributed by atoms with E-state index >= 15 is 0 Å². The fourth-order valence-corrected chi connectivity index (χ4v) is 4.48. The predicted octanol–water partition coefficient (Wildman–Crippen LogP) is 5.27. The number of methoxy groups -OCH3 is 3. The van der Waals surface area contributed by atoms with E-state index in [4.69, 9.17) is 42.1 Å². The molecule has 0 saturated carbocycles. The molecule has 2 N–H and O–H groups in total. The van der Waals surface area contributed by atoms with Crippen molar-refractivity contribution in [1.29, 1.82) is 0 Å². The van der Waals surface area contributed by atoms with Gasteiger partial charge in [0.2, 0.25) is 5.75 Å². The van der Waals surface area contributed by atoms with Crippen molar-refractivity contribution in [1.82, 2.24) is 10.7 Å². The lowest BCUT2D eigenvalue weighted by Gasteiger charge is -2.14. The number of benzene rings is 4. The lowest BCUT2D eigenvalue weighted by atomic mass is 10.0. The fourth-order valence-electron chi connectivity index (χ4n) is 3.99. The zero-order chi connectivity index (χ0) is 30.2. The number of hydrazone groups is 1. The molecule has 4 aromatic carbocycles. The Morgan fingerprint density at radius 3 is 2.24 bits per heavy atom. The maximum absolute atomic E-state index is 12.9. The molecule has 4 aromatic rings. The molecule has 216 valence electrons. The molecule has 0 radical (unpaired) electrons. The Balaban J connectivity index is 1.47. The minimum Gasteiger partial charge on any atom is -0.493 e. The van der Waals surface area contributed by atoms with Crippen LogP contribution >= 0.6 is 23.2 Å². The molecule has 12 heteroatoms. The van der Waals surface area contributed by atoms with E-state index in [0.29, 0.717) is 27.8 Å². The van der Waals surface area contributed by atoms with Crippen molar-refractivity contribution in [3.05, 3.63) is 93.5 Å². The molecule has 0 saturated heterocycles. The zero-order valence-electron chi connectivity index (χ0n) is 22.7. The van der Waals surface area contributed by atoms with E-state index in [0.717, 1.165) is 10.8 Å². The number of carbonyl (C=O) groups is 3. The first-order valence-electron chi connectivity index (χ1n) is 12.3. The van der Waals surface area contributed by atoms with Crippen LogP contribution in [-0.2, 0) is 4.79 Å². The molecule has 0 unspecified atom stereocenters. The van der Waals surface area contributed by atoms with Gasteiger partial charge in [-0.2, -0.15) is 5.10 Å². The Hall–Kier alpha value is -4.80. The van der Waals surface area contributed by atoms with Crippen molar-refractivity contribution >= 4 is 58.0 Å². The van der Waals surface area contributed by atoms with Crippen LogP contribution in [0.2, 0.25) is 10.0 Å². The van der Waals surface area contributed by atoms with Gasteiger partial charge in [0, 0.05) is 16.1 Å². The van der Waals surface area contributed by atoms with E-state index in [1.54, 1.807) is 12.1 Å². The number of ether oxygens (including phenoxy) is 4. The Morgan fingerprint density at radius 2 is 1.57 bits per heavy atom. The van der Waals surface area contributed by atoms with Crippen LogP contribution in [0.1, 0.15) is 26.3 Å². The molecule has 0 bridgehead atoms. The van der Waals surface area contributed by atoms with Crippen LogP contribution in [0.3, 0.4) is 0 Å². The SMILES string of the molecule is COc1cc(C(=O)NCC(=O)N/N=C/c2c(OC(=O)c3ccc(Cl)cc3Cl)ccc3ccccc23)cc(OC)c1OC. The summed E-state index contributed by atoms with van der Waals surface area (Å²) in [5, 5.41) is 8.63. The molecule has 10 nitrogen and oxygen atoms in total. The number of esters is 1. The number of rotatable bonds is 10. The van der Waals surface area contributed by atoms with E-state index in [1.165, 1.54) is 57.9 Å². The summed E-state index contributed by atoms with van der Waals surface area (Å²) in [6.45, 7) is -0.376. The van der Waals surface area contributed by atoms with Crippen molar-refractivity contribution in [2.75, 3.05) is 27.9 Å². The summed E-state index contributed by atoms with van der Waals surface area (Å²) in [5.74, 6) is -0.727. The van der Waals surface area contributed by atoms with E-state index in [-0.39, 0.29) is 28.4 Å². The highest BCUT2D eigenvalue weighted by Gasteiger charge is 2.18. The Labute approximate surface area is 251 Å². The van der Waals surface area contributed by atoms with Gasteiger partial charge in [0.1, 0.15) is 5.75 Å². The van der Waals surface area contributed by atoms with Gasteiger partial charge in [0.15, 0.2) is 11.5 Å². The average Bonchev–Trinajstić information content (AvgIpc) is 2.99. The largest absolute Gasteiger partial charge is 0.493 e. The van der Waals surface area contributed by atoms with Crippen LogP contribution in [0, 0.1) is 0 Å². The van der Waals surface area contributed by atoms with Crippen molar-refractivity contribution in [2.45, 2.75) is 0 Å². The van der Waals surface area contributed by atoms with Crippen molar-refractivity contribution in [3.8, 4) is 23.0 Å². The lowest BCUT2D eigenvalue weighted by molar-refractivity contribution is -0.120. The van der Waals surface area contributed by atoms with E-state index in [1.807, 2.05) is 24.3 Å². The van der Waals surface area contributed by atoms with Crippen molar-refractivity contribution in [3.63, 3.8) is 0 Å². The summed E-state index contributed by atoms with van der Waals surface area (Å²) in [4.78, 5) is 38.0. The summed E-state index contributed by atoms with van der Waals surface area (Å²) in [5.41, 5.74) is 3.13. The highest BCUT2D eigenvalue weighted by molar-refractivity contribution is 6.36. The third-order valence-electron chi connectivity index (χ3n) is 6.00. The quantitative estimate of drug-likeness (QED) is 0.109. The second-order valence-corrected chi connectivity index (χ2v) is 9.45. The molecule has 0 aliphatic heterocycles. The van der Waals surface area contributed by atoms with Gasteiger partial charge >= 0.3 is 5.97 Å². The third-order valence-corrected chi connectivity index (χ3v) is 6.55. The molecule has 0 spiro atoms. The summed E-state index contributed by atoms with van der Waals surface area (Å²) in [6, 6.07) is 18.2. The number of amides is 2. The minimum atomic E-state index is -0.694. The molecule has 0 fully saturated rings. The van der Waals surface area contributed by atoms with E-state index in [9.17, 15) is 14.4 Å².